The Labute approximate surface area is 693 Å². The minimum atomic E-state index is -2.12. The summed E-state index contributed by atoms with van der Waals surface area (Å²) >= 11 is 0. The number of rotatable bonds is 17. The van der Waals surface area contributed by atoms with E-state index in [1.54, 1.807) is 12.1 Å². The Morgan fingerprint density at radius 1 is 0.458 bits per heavy atom. The van der Waals surface area contributed by atoms with E-state index in [0.29, 0.717) is 65.3 Å². The molecule has 20 N–H and O–H groups in total. The lowest BCUT2D eigenvalue weighted by atomic mass is 9.55. The molecule has 0 radical (unpaired) electrons. The van der Waals surface area contributed by atoms with E-state index in [4.69, 9.17) is 37.5 Å². The van der Waals surface area contributed by atoms with Gasteiger partial charge < -0.3 is 98.4 Å². The highest BCUT2D eigenvalue weighted by Gasteiger charge is 2.59. The number of phenols is 6. The summed E-state index contributed by atoms with van der Waals surface area (Å²) in [4.78, 5) is 105. The number of carbonyl (C=O) groups excluding carboxylic acids is 9. The highest BCUT2D eigenvalue weighted by molar-refractivity contribution is 6.05. The number of nitrogen functional groups attached to an aromatic ring is 1. The van der Waals surface area contributed by atoms with E-state index in [1.807, 2.05) is 30.3 Å². The van der Waals surface area contributed by atoms with Crippen molar-refractivity contribution < 1.29 is 119 Å². The lowest BCUT2D eigenvalue weighted by Crippen LogP contribution is -2.47. The summed E-state index contributed by atoms with van der Waals surface area (Å²) in [6.45, 7) is 5.26. The number of fused-ring (bicyclic) bond motifs is 15. The second-order valence-electron chi connectivity index (χ2n) is 34.5. The number of Topliss-reactive ketones (excluding diaryl/α,β-unsaturated/α-hetero) is 1. The number of aliphatic hydroxyl groups is 6. The van der Waals surface area contributed by atoms with Crippen molar-refractivity contribution in [2.45, 2.75) is 217 Å². The number of aromatic hydroxyl groups is 6. The van der Waals surface area contributed by atoms with E-state index in [9.17, 15) is 99.3 Å². The standard InChI is InChI=1S/C31H37NO9.C31H35NO7.C18H24O2.C8H10N2O3.C4H2O3/c1-31-11-10-20-19-7-5-18(34)12-15(19)4-6-21(20)22(31)8-9-24(31)41-30(40)28(38)27(37)23(35)13-16-2-3-17(14-33)25(26(16)36)29(32)39;1-31-13-12-23-22-8-5-20(34)14-17(22)4-7-24(23)25(31)9-10-26(31)39-27(36)11-6-21(35)15-18-2-3-19(16-33)28(29(18)37)30(32)38;1-18-9-8-14-13-5-3-12(19)10-11(13)2-4-15(14)16(18)6-7-17(18)20;9-5-2-1-4(3-11)6(7(5)12)8(10)13;5-3-1-2-4(6)7-3/h2-3,5,7,12,20-22,24,27-28,33-34,36-38H,4,6,8-11,13-14H2,1H3,(H2,32,39);2-3,5-6,8,11,14,23-26,33-34,37H,4,7,9-10,12-13,15-16H2,1H3,(H2,32,38);3,5,10,14-17,19-20H,2,4,6-9H2,1H3;1-2,11-12H,3,9H2,(H2,10,13);1-2H/b;11-6+;;;. The second kappa shape index (κ2) is 36.5. The molecule has 10 aliphatic rings. The van der Waals surface area contributed by atoms with Crippen molar-refractivity contribution in [2.75, 3.05) is 5.73 Å². The number of amides is 3. The van der Waals surface area contributed by atoms with Crippen molar-refractivity contribution in [3.05, 3.63) is 193 Å². The monoisotopic (exact) mass is 1650 g/mol. The van der Waals surface area contributed by atoms with Crippen LogP contribution in [0.2, 0.25) is 0 Å². The van der Waals surface area contributed by atoms with Gasteiger partial charge in [-0.15, -0.1) is 0 Å². The quantitative estimate of drug-likeness (QED) is 0.0101. The lowest BCUT2D eigenvalue weighted by molar-refractivity contribution is -0.175. The molecule has 640 valence electrons. The fourth-order valence-electron chi connectivity index (χ4n) is 22.2. The van der Waals surface area contributed by atoms with Gasteiger partial charge in [0, 0.05) is 53.0 Å². The number of aliphatic hydroxyl groups excluding tert-OH is 6. The second-order valence-corrected chi connectivity index (χ2v) is 34.5. The van der Waals surface area contributed by atoms with Gasteiger partial charge in [-0.1, -0.05) is 69.3 Å². The van der Waals surface area contributed by atoms with Crippen molar-refractivity contribution in [3.63, 3.8) is 0 Å². The smallest absolute Gasteiger partial charge is 0.338 e. The third kappa shape index (κ3) is 17.9. The fourth-order valence-corrected chi connectivity index (χ4v) is 22.2. The number of hydrogen-bond acceptors (Lipinski definition) is 25. The number of aryl methyl sites for hydroxylation is 3. The minimum absolute atomic E-state index is 0.0483. The Hall–Kier alpha value is -11.0. The molecule has 120 heavy (non-hydrogen) atoms. The van der Waals surface area contributed by atoms with E-state index < -0.39 is 103 Å². The molecule has 28 nitrogen and oxygen atoms in total. The first-order chi connectivity index (χ1) is 57.0. The van der Waals surface area contributed by atoms with Crippen LogP contribution in [0.15, 0.2) is 115 Å². The van der Waals surface area contributed by atoms with Gasteiger partial charge in [0.1, 0.15) is 47.1 Å². The fraction of sp³-hybridized carbons (Fsp3) is 0.467. The Bertz CT molecular complexity index is 5020. The molecule has 6 saturated carbocycles. The number of hydrogen-bond donors (Lipinski definition) is 16. The molecule has 9 aliphatic carbocycles. The number of phenolic OH excluding ortho intramolecular Hbond substituents is 3. The van der Waals surface area contributed by atoms with Gasteiger partial charge in [0.25, 0.3) is 17.7 Å². The van der Waals surface area contributed by atoms with Crippen LogP contribution < -0.4 is 22.9 Å². The molecule has 3 amide bonds. The van der Waals surface area contributed by atoms with E-state index in [2.05, 4.69) is 37.6 Å². The number of carbonyl (C=O) groups is 9. The number of allylic oxidation sites excluding steroid dienone is 1. The largest absolute Gasteiger partial charge is 0.508 e. The summed E-state index contributed by atoms with van der Waals surface area (Å²) in [6.07, 6.45) is 16.3. The average Bonchev–Trinajstić information content (AvgIpc) is 1.53. The molecule has 1 aliphatic heterocycles. The molecule has 6 fully saturated rings. The van der Waals surface area contributed by atoms with Gasteiger partial charge in [-0.25, -0.2) is 19.2 Å². The highest BCUT2D eigenvalue weighted by Crippen LogP contribution is 2.65. The highest BCUT2D eigenvalue weighted by atomic mass is 16.6. The number of anilines is 1. The van der Waals surface area contributed by atoms with E-state index in [0.717, 1.165) is 120 Å². The van der Waals surface area contributed by atoms with Gasteiger partial charge in [0.15, 0.2) is 23.4 Å². The zero-order chi connectivity index (χ0) is 86.7. The van der Waals surface area contributed by atoms with Crippen LogP contribution in [0.1, 0.15) is 227 Å². The third-order valence-electron chi connectivity index (χ3n) is 28.2. The summed E-state index contributed by atoms with van der Waals surface area (Å²) in [5, 5.41) is 119. The molecule has 0 spiro atoms. The summed E-state index contributed by atoms with van der Waals surface area (Å²) in [5.41, 5.74) is 28.6. The average molecular weight is 1650 g/mol. The van der Waals surface area contributed by atoms with Crippen molar-refractivity contribution in [1.29, 1.82) is 0 Å². The number of cyclic esters (lactones) is 2. The Balaban J connectivity index is 0.000000153. The predicted molar refractivity (Wildman–Crippen MR) is 435 cm³/mol. The summed E-state index contributed by atoms with van der Waals surface area (Å²) in [7, 11) is 0. The first-order valence-corrected chi connectivity index (χ1v) is 41.1. The van der Waals surface area contributed by atoms with Crippen LogP contribution in [0.5, 0.6) is 34.5 Å². The van der Waals surface area contributed by atoms with E-state index in [1.165, 1.54) is 89.0 Å². The number of esters is 4. The topological polar surface area (TPSA) is 528 Å². The van der Waals surface area contributed by atoms with Gasteiger partial charge in [-0.05, 0) is 273 Å². The van der Waals surface area contributed by atoms with E-state index >= 15 is 0 Å². The number of primary amides is 3. The number of benzene rings is 6. The zero-order valence-corrected chi connectivity index (χ0v) is 67.4. The van der Waals surface area contributed by atoms with Gasteiger partial charge in [-0.2, -0.15) is 0 Å². The maximum absolute atomic E-state index is 12.9. The molecule has 1 heterocycles. The van der Waals surface area contributed by atoms with Crippen molar-refractivity contribution in [2.24, 2.45) is 69.0 Å². The Morgan fingerprint density at radius 2 is 0.833 bits per heavy atom. The normalized spacial score (nSPS) is 27.7. The SMILES string of the molecule is CC12CCC3c4ccc(O)cc4CCC3C1CCC2O.CC12CCC3c4ccc(O)cc4CCC3C1CCC2OC(=O)/C=C/C(=O)Cc1ccc(CO)c(C(N)=O)c1O.CC12CCC3c4ccc(O)cc4CCC3C1CCC2OC(=O)C(O)C(O)C(=O)Cc1ccc(CO)c(C(N)=O)c1O.NC(=O)c1c(CO)ccc(N)c1O.O=C1C=CC(=O)O1. The van der Waals surface area contributed by atoms with Crippen molar-refractivity contribution in [1.82, 2.24) is 0 Å². The van der Waals surface area contributed by atoms with Gasteiger partial charge in [0.2, 0.25) is 0 Å². The molecule has 0 bridgehead atoms. The van der Waals surface area contributed by atoms with Gasteiger partial charge in [0.05, 0.1) is 48.3 Å². The maximum atomic E-state index is 12.9. The van der Waals surface area contributed by atoms with Crippen LogP contribution in [0.4, 0.5) is 5.69 Å². The molecule has 16 rings (SSSR count). The van der Waals surface area contributed by atoms with Crippen LogP contribution in [0, 0.1) is 51.8 Å². The van der Waals surface area contributed by atoms with Crippen molar-refractivity contribution >= 4 is 58.9 Å². The Morgan fingerprint density at radius 3 is 1.24 bits per heavy atom. The number of nitrogens with two attached hydrogens (primary N) is 4. The summed E-state index contributed by atoms with van der Waals surface area (Å²) < 4.78 is 15.6. The van der Waals surface area contributed by atoms with E-state index in [-0.39, 0.29) is 103 Å². The molecule has 0 aromatic heterocycles. The molecule has 28 heteroatoms. The summed E-state index contributed by atoms with van der Waals surface area (Å²) in [5.74, 6) is -2.71. The van der Waals surface area contributed by atoms with Crippen LogP contribution in [-0.4, -0.2) is 145 Å². The zero-order valence-electron chi connectivity index (χ0n) is 67.4. The molecular weight excluding hydrogens is 1550 g/mol. The molecule has 17 unspecified atom stereocenters. The molecular formula is C92H108N4O24. The molecule has 6 aromatic rings. The molecule has 17 atom stereocenters. The number of ketones is 2. The predicted octanol–water partition coefficient (Wildman–Crippen LogP) is 8.62. The lowest BCUT2D eigenvalue weighted by Gasteiger charge is -2.50. The van der Waals surface area contributed by atoms with Crippen molar-refractivity contribution in [3.8, 4) is 34.5 Å². The first kappa shape index (κ1) is 88.3. The Kier molecular flexibility index (Phi) is 26.9. The van der Waals surface area contributed by atoms with Crippen LogP contribution in [0.25, 0.3) is 0 Å². The third-order valence-corrected chi connectivity index (χ3v) is 28.2. The minimum Gasteiger partial charge on any atom is -0.508 e. The summed E-state index contributed by atoms with van der Waals surface area (Å²) in [6, 6.07) is 25.7. The van der Waals surface area contributed by atoms with Gasteiger partial charge >= 0.3 is 23.9 Å². The first-order valence-electron chi connectivity index (χ1n) is 41.1. The van der Waals surface area contributed by atoms with Crippen LogP contribution in [-0.2, 0) is 94.9 Å². The van der Waals surface area contributed by atoms with Crippen LogP contribution in [0.3, 0.4) is 0 Å². The maximum Gasteiger partial charge on any atom is 0.338 e. The number of ether oxygens (including phenoxy) is 3. The molecule has 6 aromatic carbocycles. The molecule has 0 saturated heterocycles. The van der Waals surface area contributed by atoms with Crippen LogP contribution >= 0.6 is 0 Å². The van der Waals surface area contributed by atoms with Gasteiger partial charge in [-0.3, -0.25) is 24.0 Å².